The summed E-state index contributed by atoms with van der Waals surface area (Å²) in [5, 5.41) is 11.7. The van der Waals surface area contributed by atoms with Crippen molar-refractivity contribution in [2.45, 2.75) is 6.42 Å². The summed E-state index contributed by atoms with van der Waals surface area (Å²) in [7, 11) is 1.61. The Kier molecular flexibility index (Phi) is 5.60. The Bertz CT molecular complexity index is 517. The van der Waals surface area contributed by atoms with Crippen LogP contribution >= 0.6 is 0 Å². The molecule has 1 aliphatic rings. The van der Waals surface area contributed by atoms with Crippen molar-refractivity contribution in [3.63, 3.8) is 0 Å². The largest absolute Gasteiger partial charge is 0.491 e. The lowest BCUT2D eigenvalue weighted by molar-refractivity contribution is -0.141. The molecule has 7 heteroatoms. The van der Waals surface area contributed by atoms with Crippen molar-refractivity contribution < 1.29 is 24.2 Å². The number of likely N-dealkylation sites (tertiary alicyclic amines) is 1. The zero-order valence-electron chi connectivity index (χ0n) is 12.4. The molecular weight excluding hydrogens is 288 g/mol. The van der Waals surface area contributed by atoms with Crippen molar-refractivity contribution in [2.24, 2.45) is 5.92 Å². The fourth-order valence-electron chi connectivity index (χ4n) is 2.23. The van der Waals surface area contributed by atoms with Crippen molar-refractivity contribution in [1.82, 2.24) is 4.90 Å². The molecular formula is C15H20N2O5. The molecule has 0 aromatic heterocycles. The molecule has 0 aliphatic carbocycles. The molecule has 0 spiro atoms. The lowest BCUT2D eigenvalue weighted by Crippen LogP contribution is -2.33. The Morgan fingerprint density at radius 2 is 2.05 bits per heavy atom. The lowest BCUT2D eigenvalue weighted by atomic mass is 10.1. The van der Waals surface area contributed by atoms with Crippen LogP contribution in [0.25, 0.3) is 0 Å². The third-order valence-corrected chi connectivity index (χ3v) is 3.49. The van der Waals surface area contributed by atoms with E-state index < -0.39 is 11.9 Å². The van der Waals surface area contributed by atoms with Gasteiger partial charge in [0.25, 0.3) is 0 Å². The van der Waals surface area contributed by atoms with Gasteiger partial charge in [0, 0.05) is 25.9 Å². The summed E-state index contributed by atoms with van der Waals surface area (Å²) in [6.07, 6.45) is 0.495. The average Bonchev–Trinajstić information content (AvgIpc) is 2.99. The normalized spacial score (nSPS) is 17.3. The summed E-state index contributed by atoms with van der Waals surface area (Å²) in [6.45, 7) is 1.69. The number of aliphatic carboxylic acids is 1. The number of carbonyl (C=O) groups is 2. The number of methoxy groups -OCH3 is 1. The Hall–Kier alpha value is -2.28. The molecule has 2 N–H and O–H groups in total. The second kappa shape index (κ2) is 7.65. The molecule has 2 rings (SSSR count). The van der Waals surface area contributed by atoms with Gasteiger partial charge in [0.15, 0.2) is 0 Å². The minimum atomic E-state index is -0.854. The summed E-state index contributed by atoms with van der Waals surface area (Å²) in [5.41, 5.74) is 0.642. The first-order chi connectivity index (χ1) is 10.6. The summed E-state index contributed by atoms with van der Waals surface area (Å²) >= 11 is 0. The highest BCUT2D eigenvalue weighted by Crippen LogP contribution is 2.19. The van der Waals surface area contributed by atoms with Crippen LogP contribution in [0.5, 0.6) is 5.75 Å². The molecule has 1 aromatic rings. The summed E-state index contributed by atoms with van der Waals surface area (Å²) < 4.78 is 10.3. The summed E-state index contributed by atoms with van der Waals surface area (Å²) in [4.78, 5) is 24.5. The maximum atomic E-state index is 12.1. The zero-order chi connectivity index (χ0) is 15.9. The number of hydrogen-bond donors (Lipinski definition) is 2. The maximum absolute atomic E-state index is 12.1. The number of nitrogens with one attached hydrogen (secondary N) is 1. The van der Waals surface area contributed by atoms with Gasteiger partial charge in [-0.25, -0.2) is 4.79 Å². The third kappa shape index (κ3) is 4.36. The maximum Gasteiger partial charge on any atom is 0.321 e. The number of carbonyl (C=O) groups excluding carboxylic acids is 1. The van der Waals surface area contributed by atoms with Crippen LogP contribution in [0.4, 0.5) is 10.5 Å². The average molecular weight is 308 g/mol. The number of rotatable bonds is 6. The van der Waals surface area contributed by atoms with Crippen LogP contribution < -0.4 is 10.1 Å². The zero-order valence-corrected chi connectivity index (χ0v) is 12.4. The van der Waals surface area contributed by atoms with Gasteiger partial charge in [0.2, 0.25) is 0 Å². The standard InChI is InChI=1S/C15H20N2O5/c1-21-8-9-22-13-4-2-12(3-5-13)16-15(20)17-7-6-11(10-17)14(18)19/h2-5,11H,6-10H2,1H3,(H,16,20)(H,18,19). The fourth-order valence-corrected chi connectivity index (χ4v) is 2.23. The van der Waals surface area contributed by atoms with Crippen molar-refractivity contribution in [3.8, 4) is 5.75 Å². The summed E-state index contributed by atoms with van der Waals surface area (Å²) in [6, 6.07) is 6.72. The van der Waals surface area contributed by atoms with E-state index in [1.807, 2.05) is 0 Å². The first-order valence-electron chi connectivity index (χ1n) is 7.10. The predicted molar refractivity (Wildman–Crippen MR) is 80.1 cm³/mol. The second-order valence-corrected chi connectivity index (χ2v) is 5.07. The molecule has 0 radical (unpaired) electrons. The second-order valence-electron chi connectivity index (χ2n) is 5.07. The number of nitrogens with zero attached hydrogens (tertiary/aromatic N) is 1. The van der Waals surface area contributed by atoms with Gasteiger partial charge in [-0.3, -0.25) is 4.79 Å². The van der Waals surface area contributed by atoms with Crippen molar-refractivity contribution in [2.75, 3.05) is 38.7 Å². The van der Waals surface area contributed by atoms with Crippen LogP contribution in [0.2, 0.25) is 0 Å². The van der Waals surface area contributed by atoms with Gasteiger partial charge in [0.1, 0.15) is 12.4 Å². The number of carboxylic acid groups (broad SMARTS) is 1. The van der Waals surface area contributed by atoms with Gasteiger partial charge in [-0.05, 0) is 30.7 Å². The van der Waals surface area contributed by atoms with E-state index in [2.05, 4.69) is 5.32 Å². The molecule has 2 amide bonds. The highest BCUT2D eigenvalue weighted by molar-refractivity contribution is 5.90. The van der Waals surface area contributed by atoms with E-state index in [1.54, 1.807) is 31.4 Å². The highest BCUT2D eigenvalue weighted by Gasteiger charge is 2.30. The van der Waals surface area contributed by atoms with Gasteiger partial charge in [-0.1, -0.05) is 0 Å². The number of urea groups is 1. The minimum Gasteiger partial charge on any atom is -0.491 e. The van der Waals surface area contributed by atoms with Gasteiger partial charge in [-0.2, -0.15) is 0 Å². The van der Waals surface area contributed by atoms with Crippen molar-refractivity contribution >= 4 is 17.7 Å². The number of benzene rings is 1. The SMILES string of the molecule is COCCOc1ccc(NC(=O)N2CCC(C(=O)O)C2)cc1. The Morgan fingerprint density at radius 3 is 2.64 bits per heavy atom. The number of amides is 2. The summed E-state index contributed by atoms with van der Waals surface area (Å²) in [5.74, 6) is -0.627. The molecule has 7 nitrogen and oxygen atoms in total. The molecule has 1 saturated heterocycles. The van der Waals surface area contributed by atoms with Gasteiger partial charge in [0.05, 0.1) is 12.5 Å². The highest BCUT2D eigenvalue weighted by atomic mass is 16.5. The van der Waals surface area contributed by atoms with E-state index >= 15 is 0 Å². The molecule has 1 heterocycles. The van der Waals surface area contributed by atoms with E-state index in [0.717, 1.165) is 0 Å². The third-order valence-electron chi connectivity index (χ3n) is 3.49. The van der Waals surface area contributed by atoms with Gasteiger partial charge in [-0.15, -0.1) is 0 Å². The molecule has 1 aliphatic heterocycles. The molecule has 1 fully saturated rings. The van der Waals surface area contributed by atoms with Crippen LogP contribution in [0.1, 0.15) is 6.42 Å². The Morgan fingerprint density at radius 1 is 1.32 bits per heavy atom. The topological polar surface area (TPSA) is 88.1 Å². The smallest absolute Gasteiger partial charge is 0.321 e. The number of hydrogen-bond acceptors (Lipinski definition) is 4. The van der Waals surface area contributed by atoms with Crippen LogP contribution in [0.15, 0.2) is 24.3 Å². The minimum absolute atomic E-state index is 0.249. The molecule has 22 heavy (non-hydrogen) atoms. The molecule has 0 saturated carbocycles. The molecule has 0 bridgehead atoms. The van der Waals surface area contributed by atoms with Gasteiger partial charge >= 0.3 is 12.0 Å². The first-order valence-corrected chi connectivity index (χ1v) is 7.10. The number of ether oxygens (including phenoxy) is 2. The van der Waals surface area contributed by atoms with Crippen molar-refractivity contribution in [1.29, 1.82) is 0 Å². The van der Waals surface area contributed by atoms with E-state index in [1.165, 1.54) is 4.90 Å². The van der Waals surface area contributed by atoms with E-state index in [9.17, 15) is 9.59 Å². The molecule has 1 unspecified atom stereocenters. The predicted octanol–water partition coefficient (Wildman–Crippen LogP) is 1.65. The van der Waals surface area contributed by atoms with E-state index in [4.69, 9.17) is 14.6 Å². The first kappa shape index (κ1) is 16.1. The quantitative estimate of drug-likeness (QED) is 0.780. The van der Waals surface area contributed by atoms with Gasteiger partial charge < -0.3 is 24.8 Å². The number of anilines is 1. The lowest BCUT2D eigenvalue weighted by Gasteiger charge is -2.17. The van der Waals surface area contributed by atoms with Crippen LogP contribution in [-0.2, 0) is 9.53 Å². The van der Waals surface area contributed by atoms with E-state index in [-0.39, 0.29) is 12.6 Å². The van der Waals surface area contributed by atoms with Crippen LogP contribution in [0, 0.1) is 5.92 Å². The molecule has 120 valence electrons. The molecule has 1 aromatic carbocycles. The Labute approximate surface area is 128 Å². The van der Waals surface area contributed by atoms with E-state index in [0.29, 0.717) is 37.6 Å². The Balaban J connectivity index is 1.83. The fraction of sp³-hybridized carbons (Fsp3) is 0.467. The van der Waals surface area contributed by atoms with Crippen molar-refractivity contribution in [3.05, 3.63) is 24.3 Å². The monoisotopic (exact) mass is 308 g/mol. The van der Waals surface area contributed by atoms with Crippen LogP contribution in [-0.4, -0.2) is 55.4 Å². The number of carboxylic acids is 1. The van der Waals surface area contributed by atoms with Crippen LogP contribution in [0.3, 0.4) is 0 Å². The molecule has 1 atom stereocenters.